The van der Waals surface area contributed by atoms with E-state index < -0.39 is 0 Å². The Morgan fingerprint density at radius 1 is 1.00 bits per heavy atom. The molecule has 0 spiro atoms. The maximum absolute atomic E-state index is 10.8. The fourth-order valence-electron chi connectivity index (χ4n) is 1.88. The van der Waals surface area contributed by atoms with Crippen LogP contribution in [0.3, 0.4) is 0 Å². The lowest BCUT2D eigenvalue weighted by Gasteiger charge is -2.14. The first-order valence-corrected chi connectivity index (χ1v) is 7.33. The molecule has 2 N–H and O–H groups in total. The molecule has 0 bridgehead atoms. The van der Waals surface area contributed by atoms with Crippen LogP contribution in [0.25, 0.3) is 11.1 Å². The average Bonchev–Trinajstić information content (AvgIpc) is 2.41. The molecule has 0 unspecified atom stereocenters. The minimum atomic E-state index is 0.660. The van der Waals surface area contributed by atoms with Crippen molar-refractivity contribution >= 4 is 49.6 Å². The van der Waals surface area contributed by atoms with Gasteiger partial charge < -0.3 is 5.32 Å². The van der Waals surface area contributed by atoms with E-state index in [-0.39, 0.29) is 0 Å². The smallest absolute Gasteiger partial charge is 0.211 e. The number of carbonyl (C=O) groups is 1. The van der Waals surface area contributed by atoms with Gasteiger partial charge in [-0.05, 0) is 24.3 Å². The first-order valence-electron chi connectivity index (χ1n) is 5.74. The number of hydrogen-bond acceptors (Lipinski definition) is 3. The Hall–Kier alpha value is -1.37. The third kappa shape index (κ3) is 3.39. The maximum atomic E-state index is 10.8. The van der Waals surface area contributed by atoms with Gasteiger partial charge in [0.1, 0.15) is 0 Å². The number of halogens is 2. The largest absolute Gasteiger partial charge is 0.328 e. The number of nitrogens with one attached hydrogen (secondary N) is 2. The zero-order valence-electron chi connectivity index (χ0n) is 10.6. The van der Waals surface area contributed by atoms with Gasteiger partial charge in [0.15, 0.2) is 0 Å². The van der Waals surface area contributed by atoms with Crippen LogP contribution in [-0.2, 0) is 9.63 Å². The summed E-state index contributed by atoms with van der Waals surface area (Å²) in [6, 6.07) is 11.5. The van der Waals surface area contributed by atoms with Gasteiger partial charge in [0.25, 0.3) is 0 Å². The van der Waals surface area contributed by atoms with Crippen LogP contribution in [-0.4, -0.2) is 13.5 Å². The standard InChI is InChI=1S/C14H12Br2N2O2/c1-20-18-14-7-10(16)3-5-12(14)11-4-2-9(15)6-13(11)17-8-19/h2-8,18H,1H3,(H,17,19). The number of benzene rings is 2. The lowest BCUT2D eigenvalue weighted by molar-refractivity contribution is -0.105. The predicted molar refractivity (Wildman–Crippen MR) is 87.6 cm³/mol. The molecule has 2 aromatic rings. The first kappa shape index (κ1) is 15.0. The van der Waals surface area contributed by atoms with Crippen LogP contribution >= 0.6 is 31.9 Å². The first-order chi connectivity index (χ1) is 9.65. The van der Waals surface area contributed by atoms with Crippen molar-refractivity contribution in [3.63, 3.8) is 0 Å². The Morgan fingerprint density at radius 3 is 2.10 bits per heavy atom. The number of hydrogen-bond donors (Lipinski definition) is 2. The van der Waals surface area contributed by atoms with E-state index in [0.29, 0.717) is 6.41 Å². The van der Waals surface area contributed by atoms with Crippen LogP contribution in [0.2, 0.25) is 0 Å². The molecule has 0 saturated heterocycles. The topological polar surface area (TPSA) is 50.4 Å². The van der Waals surface area contributed by atoms with Crippen molar-refractivity contribution in [3.8, 4) is 11.1 Å². The highest BCUT2D eigenvalue weighted by molar-refractivity contribution is 9.10. The van der Waals surface area contributed by atoms with E-state index in [2.05, 4.69) is 42.7 Å². The van der Waals surface area contributed by atoms with Gasteiger partial charge in [0.05, 0.1) is 12.8 Å². The molecular formula is C14H12Br2N2O2. The van der Waals surface area contributed by atoms with E-state index in [9.17, 15) is 4.79 Å². The summed E-state index contributed by atoms with van der Waals surface area (Å²) in [6.07, 6.45) is 0.660. The van der Waals surface area contributed by atoms with Gasteiger partial charge in [-0.15, -0.1) is 0 Å². The summed E-state index contributed by atoms with van der Waals surface area (Å²) in [5, 5.41) is 2.71. The SMILES string of the molecule is CONc1cc(Br)ccc1-c1ccc(Br)cc1NC=O. The number of carbonyl (C=O) groups excluding carboxylic acids is 1. The van der Waals surface area contributed by atoms with E-state index in [0.717, 1.165) is 31.4 Å². The third-order valence-electron chi connectivity index (χ3n) is 2.68. The van der Waals surface area contributed by atoms with Crippen LogP contribution in [0, 0.1) is 0 Å². The number of amides is 1. The Labute approximate surface area is 133 Å². The van der Waals surface area contributed by atoms with Crippen LogP contribution < -0.4 is 10.8 Å². The molecule has 0 aliphatic heterocycles. The van der Waals surface area contributed by atoms with Crippen LogP contribution in [0.4, 0.5) is 11.4 Å². The molecule has 0 fully saturated rings. The monoisotopic (exact) mass is 398 g/mol. The number of rotatable bonds is 5. The van der Waals surface area contributed by atoms with Crippen molar-refractivity contribution < 1.29 is 9.63 Å². The summed E-state index contributed by atoms with van der Waals surface area (Å²) < 4.78 is 1.83. The normalized spacial score (nSPS) is 10.2. The second kappa shape index (κ2) is 6.88. The Balaban J connectivity index is 2.58. The molecule has 6 heteroatoms. The van der Waals surface area contributed by atoms with Crippen molar-refractivity contribution in [2.24, 2.45) is 0 Å². The summed E-state index contributed by atoms with van der Waals surface area (Å²) in [5.41, 5.74) is 6.18. The molecule has 1 amide bonds. The van der Waals surface area contributed by atoms with Gasteiger partial charge >= 0.3 is 0 Å². The second-order valence-electron chi connectivity index (χ2n) is 3.95. The third-order valence-corrected chi connectivity index (χ3v) is 3.67. The van der Waals surface area contributed by atoms with Gasteiger partial charge in [0.2, 0.25) is 6.41 Å². The molecule has 20 heavy (non-hydrogen) atoms. The minimum Gasteiger partial charge on any atom is -0.328 e. The minimum absolute atomic E-state index is 0.660. The zero-order valence-corrected chi connectivity index (χ0v) is 13.8. The summed E-state index contributed by atoms with van der Waals surface area (Å²) in [6.45, 7) is 0. The zero-order chi connectivity index (χ0) is 14.5. The molecule has 0 aromatic heterocycles. The van der Waals surface area contributed by atoms with E-state index in [1.165, 1.54) is 0 Å². The predicted octanol–water partition coefficient (Wildman–Crippen LogP) is 4.42. The van der Waals surface area contributed by atoms with E-state index in [1.54, 1.807) is 7.11 Å². The molecular weight excluding hydrogens is 388 g/mol. The molecule has 0 aliphatic rings. The van der Waals surface area contributed by atoms with Crippen molar-refractivity contribution in [1.29, 1.82) is 0 Å². The summed E-state index contributed by atoms with van der Waals surface area (Å²) in [4.78, 5) is 15.8. The van der Waals surface area contributed by atoms with Crippen molar-refractivity contribution in [3.05, 3.63) is 45.3 Å². The Morgan fingerprint density at radius 2 is 1.55 bits per heavy atom. The summed E-state index contributed by atoms with van der Waals surface area (Å²) in [5.74, 6) is 0. The van der Waals surface area contributed by atoms with Crippen molar-refractivity contribution in [2.75, 3.05) is 17.9 Å². The van der Waals surface area contributed by atoms with Crippen molar-refractivity contribution in [1.82, 2.24) is 0 Å². The fraction of sp³-hybridized carbons (Fsp3) is 0.0714. The second-order valence-corrected chi connectivity index (χ2v) is 5.78. The molecule has 0 aliphatic carbocycles. The van der Waals surface area contributed by atoms with Gasteiger partial charge in [-0.2, -0.15) is 0 Å². The molecule has 4 nitrogen and oxygen atoms in total. The lowest BCUT2D eigenvalue weighted by atomic mass is 10.0. The van der Waals surface area contributed by atoms with Gasteiger partial charge in [-0.25, -0.2) is 0 Å². The van der Waals surface area contributed by atoms with Crippen LogP contribution in [0.1, 0.15) is 0 Å². The van der Waals surface area contributed by atoms with Crippen LogP contribution in [0.15, 0.2) is 45.3 Å². The molecule has 2 rings (SSSR count). The van der Waals surface area contributed by atoms with Gasteiger partial charge in [-0.3, -0.25) is 15.1 Å². The number of anilines is 2. The van der Waals surface area contributed by atoms with E-state index >= 15 is 0 Å². The highest BCUT2D eigenvalue weighted by Crippen LogP contribution is 2.36. The molecule has 0 radical (unpaired) electrons. The molecule has 0 atom stereocenters. The Kier molecular flexibility index (Phi) is 5.17. The molecule has 104 valence electrons. The summed E-state index contributed by atoms with van der Waals surface area (Å²) in [7, 11) is 1.55. The van der Waals surface area contributed by atoms with Crippen LogP contribution in [0.5, 0.6) is 0 Å². The quantitative estimate of drug-likeness (QED) is 0.577. The maximum Gasteiger partial charge on any atom is 0.211 e. The van der Waals surface area contributed by atoms with Gasteiger partial charge in [-0.1, -0.05) is 44.0 Å². The van der Waals surface area contributed by atoms with E-state index in [4.69, 9.17) is 4.84 Å². The molecule has 2 aromatic carbocycles. The Bertz CT molecular complexity index is 633. The fourth-order valence-corrected chi connectivity index (χ4v) is 2.60. The average molecular weight is 400 g/mol. The molecule has 0 heterocycles. The molecule has 0 saturated carbocycles. The van der Waals surface area contributed by atoms with E-state index in [1.807, 2.05) is 36.4 Å². The van der Waals surface area contributed by atoms with Gasteiger partial charge in [0, 0.05) is 25.8 Å². The lowest BCUT2D eigenvalue weighted by Crippen LogP contribution is -2.01. The highest BCUT2D eigenvalue weighted by atomic mass is 79.9. The van der Waals surface area contributed by atoms with Crippen molar-refractivity contribution in [2.45, 2.75) is 0 Å². The summed E-state index contributed by atoms with van der Waals surface area (Å²) >= 11 is 6.82. The highest BCUT2D eigenvalue weighted by Gasteiger charge is 2.11.